The quantitative estimate of drug-likeness (QED) is 0.304. The standard InChI is InChI=1S/C31H26FN3O5/c1-30(39-14-15-40-30)16-24(36)34-33-17-31-22-8-4-2-6-20(22)25(21-7-3-5-9-23(21)31)26-27(31)29(38)35(28(26)37)19-12-10-18(32)11-13-19/h2-13,17,25-27H,14-16H2,1H3,(H,34,36)/b33-17-/t25?,26-,27+,31?/m1/s1. The zero-order chi connectivity index (χ0) is 27.6. The molecule has 40 heavy (non-hydrogen) atoms. The number of hydrogen-bond donors (Lipinski definition) is 1. The Morgan fingerprint density at radius 3 is 2.20 bits per heavy atom. The van der Waals surface area contributed by atoms with Gasteiger partial charge in [-0.2, -0.15) is 5.10 Å². The summed E-state index contributed by atoms with van der Waals surface area (Å²) in [5, 5.41) is 4.40. The first-order chi connectivity index (χ1) is 19.3. The lowest BCUT2D eigenvalue weighted by Crippen LogP contribution is -2.54. The summed E-state index contributed by atoms with van der Waals surface area (Å²) in [6, 6.07) is 20.9. The predicted octanol–water partition coefficient (Wildman–Crippen LogP) is 3.63. The van der Waals surface area contributed by atoms with Gasteiger partial charge in [-0.1, -0.05) is 48.5 Å². The molecule has 3 aromatic rings. The van der Waals surface area contributed by atoms with Gasteiger partial charge in [0, 0.05) is 12.1 Å². The second-order valence-corrected chi connectivity index (χ2v) is 10.8. The minimum absolute atomic E-state index is 0.0472. The van der Waals surface area contributed by atoms with Crippen LogP contribution < -0.4 is 10.3 Å². The van der Waals surface area contributed by atoms with Crippen LogP contribution in [0.1, 0.15) is 41.5 Å². The van der Waals surface area contributed by atoms with E-state index in [1.165, 1.54) is 29.2 Å². The van der Waals surface area contributed by atoms with E-state index in [9.17, 15) is 18.8 Å². The summed E-state index contributed by atoms with van der Waals surface area (Å²) in [6.45, 7) is 2.53. The molecule has 0 unspecified atom stereocenters. The van der Waals surface area contributed by atoms with E-state index >= 15 is 0 Å². The largest absolute Gasteiger partial charge is 0.347 e. The number of ether oxygens (including phenoxy) is 2. The third-order valence-corrected chi connectivity index (χ3v) is 8.61. The lowest BCUT2D eigenvalue weighted by atomic mass is 9.47. The molecule has 2 atom stereocenters. The molecule has 3 aliphatic carbocycles. The number of benzene rings is 3. The maximum atomic E-state index is 14.2. The molecular formula is C31H26FN3O5. The van der Waals surface area contributed by atoms with Gasteiger partial charge in [-0.3, -0.25) is 14.4 Å². The minimum Gasteiger partial charge on any atom is -0.347 e. The Morgan fingerprint density at radius 1 is 0.975 bits per heavy atom. The van der Waals surface area contributed by atoms with Crippen LogP contribution in [-0.2, 0) is 29.3 Å². The van der Waals surface area contributed by atoms with Gasteiger partial charge in [-0.05, 0) is 53.4 Å². The van der Waals surface area contributed by atoms with Gasteiger partial charge in [0.15, 0.2) is 5.79 Å². The molecule has 2 saturated heterocycles. The smallest absolute Gasteiger partial charge is 0.245 e. The molecule has 9 heteroatoms. The van der Waals surface area contributed by atoms with Crippen molar-refractivity contribution in [3.8, 4) is 0 Å². The summed E-state index contributed by atoms with van der Waals surface area (Å²) in [6.07, 6.45) is 1.56. The number of rotatable bonds is 5. The summed E-state index contributed by atoms with van der Waals surface area (Å²) in [7, 11) is 0. The number of hydrogen-bond acceptors (Lipinski definition) is 6. The molecule has 202 valence electrons. The van der Waals surface area contributed by atoms with Crippen LogP contribution in [0.2, 0.25) is 0 Å². The minimum atomic E-state index is -1.12. The average molecular weight is 540 g/mol. The molecule has 2 aliphatic heterocycles. The van der Waals surface area contributed by atoms with E-state index in [0.29, 0.717) is 18.9 Å². The molecule has 2 heterocycles. The Bertz CT molecular complexity index is 1530. The second kappa shape index (κ2) is 8.90. The molecular weight excluding hydrogens is 513 g/mol. The first-order valence-corrected chi connectivity index (χ1v) is 13.3. The van der Waals surface area contributed by atoms with Gasteiger partial charge in [-0.15, -0.1) is 0 Å². The van der Waals surface area contributed by atoms with E-state index < -0.39 is 34.8 Å². The fraction of sp³-hybridized carbons (Fsp3) is 0.290. The van der Waals surface area contributed by atoms with Crippen LogP contribution >= 0.6 is 0 Å². The van der Waals surface area contributed by atoms with Crippen molar-refractivity contribution in [3.05, 3.63) is 101 Å². The molecule has 8 rings (SSSR count). The van der Waals surface area contributed by atoms with E-state index in [1.807, 2.05) is 48.5 Å². The van der Waals surface area contributed by atoms with E-state index in [-0.39, 0.29) is 24.2 Å². The number of imide groups is 1. The number of halogens is 1. The number of nitrogens with zero attached hydrogens (tertiary/aromatic N) is 2. The van der Waals surface area contributed by atoms with Crippen molar-refractivity contribution >= 4 is 29.6 Å². The van der Waals surface area contributed by atoms with Crippen LogP contribution in [0.15, 0.2) is 77.9 Å². The van der Waals surface area contributed by atoms with Gasteiger partial charge < -0.3 is 9.47 Å². The molecule has 1 N–H and O–H groups in total. The number of hydrazone groups is 1. The van der Waals surface area contributed by atoms with Crippen molar-refractivity contribution in [2.24, 2.45) is 16.9 Å². The number of carbonyl (C=O) groups is 3. The zero-order valence-electron chi connectivity index (χ0n) is 21.7. The van der Waals surface area contributed by atoms with Gasteiger partial charge in [0.1, 0.15) is 5.82 Å². The third kappa shape index (κ3) is 3.44. The Balaban J connectivity index is 1.35. The molecule has 8 nitrogen and oxygen atoms in total. The fourth-order valence-corrected chi connectivity index (χ4v) is 7.09. The Kier molecular flexibility index (Phi) is 5.52. The van der Waals surface area contributed by atoms with Gasteiger partial charge in [0.2, 0.25) is 17.7 Å². The first kappa shape index (κ1) is 24.8. The van der Waals surface area contributed by atoms with Crippen molar-refractivity contribution in [2.45, 2.75) is 30.5 Å². The maximum absolute atomic E-state index is 14.2. The summed E-state index contributed by atoms with van der Waals surface area (Å²) < 4.78 is 24.8. The van der Waals surface area contributed by atoms with Crippen molar-refractivity contribution in [3.63, 3.8) is 0 Å². The molecule has 2 bridgehead atoms. The summed E-state index contributed by atoms with van der Waals surface area (Å²) in [5.41, 5.74) is 5.43. The van der Waals surface area contributed by atoms with Crippen LogP contribution in [0, 0.1) is 17.7 Å². The van der Waals surface area contributed by atoms with Crippen LogP contribution in [0.5, 0.6) is 0 Å². The van der Waals surface area contributed by atoms with E-state index in [1.54, 1.807) is 13.1 Å². The van der Waals surface area contributed by atoms with Crippen molar-refractivity contribution in [1.29, 1.82) is 0 Å². The third-order valence-electron chi connectivity index (χ3n) is 8.61. The molecule has 5 aliphatic rings. The van der Waals surface area contributed by atoms with Gasteiger partial charge in [0.05, 0.1) is 42.6 Å². The van der Waals surface area contributed by atoms with Crippen LogP contribution in [0.3, 0.4) is 0 Å². The number of anilines is 1. The molecule has 3 amide bonds. The van der Waals surface area contributed by atoms with Crippen molar-refractivity contribution in [1.82, 2.24) is 5.43 Å². The normalized spacial score (nSPS) is 27.6. The number of carbonyl (C=O) groups excluding carboxylic acids is 3. The molecule has 0 spiro atoms. The van der Waals surface area contributed by atoms with E-state index in [4.69, 9.17) is 9.47 Å². The molecule has 0 radical (unpaired) electrons. The highest BCUT2D eigenvalue weighted by atomic mass is 19.1. The van der Waals surface area contributed by atoms with E-state index in [0.717, 1.165) is 22.3 Å². The average Bonchev–Trinajstić information content (AvgIpc) is 3.50. The monoisotopic (exact) mass is 539 g/mol. The summed E-state index contributed by atoms with van der Waals surface area (Å²) in [4.78, 5) is 42.3. The highest BCUT2D eigenvalue weighted by Crippen LogP contribution is 2.63. The van der Waals surface area contributed by atoms with Gasteiger partial charge in [-0.25, -0.2) is 14.7 Å². The van der Waals surface area contributed by atoms with Crippen molar-refractivity contribution in [2.75, 3.05) is 18.1 Å². The Morgan fingerprint density at radius 2 is 1.57 bits per heavy atom. The van der Waals surface area contributed by atoms with Crippen molar-refractivity contribution < 1.29 is 28.2 Å². The highest BCUT2D eigenvalue weighted by molar-refractivity contribution is 6.25. The van der Waals surface area contributed by atoms with Gasteiger partial charge >= 0.3 is 0 Å². The topological polar surface area (TPSA) is 97.3 Å². The van der Waals surface area contributed by atoms with Gasteiger partial charge in [0.25, 0.3) is 0 Å². The van der Waals surface area contributed by atoms with Crippen LogP contribution in [0.4, 0.5) is 10.1 Å². The highest BCUT2D eigenvalue weighted by Gasteiger charge is 2.68. The first-order valence-electron chi connectivity index (χ1n) is 13.3. The molecule has 0 saturated carbocycles. The second-order valence-electron chi connectivity index (χ2n) is 10.8. The van der Waals surface area contributed by atoms with Crippen LogP contribution in [-0.4, -0.2) is 42.9 Å². The molecule has 3 aromatic carbocycles. The Labute approximate surface area is 229 Å². The lowest BCUT2D eigenvalue weighted by Gasteiger charge is -2.52. The number of amides is 3. The molecule has 0 aromatic heterocycles. The van der Waals surface area contributed by atoms with Crippen LogP contribution in [0.25, 0.3) is 0 Å². The number of nitrogens with one attached hydrogen (secondary N) is 1. The predicted molar refractivity (Wildman–Crippen MR) is 143 cm³/mol. The summed E-state index contributed by atoms with van der Waals surface area (Å²) >= 11 is 0. The maximum Gasteiger partial charge on any atom is 0.245 e. The summed E-state index contributed by atoms with van der Waals surface area (Å²) in [5.74, 6) is -4.42. The van der Waals surface area contributed by atoms with E-state index in [2.05, 4.69) is 10.5 Å². The fourth-order valence-electron chi connectivity index (χ4n) is 7.09. The molecule has 2 fully saturated rings. The lowest BCUT2D eigenvalue weighted by molar-refractivity contribution is -0.159. The zero-order valence-corrected chi connectivity index (χ0v) is 21.7. The SMILES string of the molecule is CC1(CC(=O)N/N=C\C23c4ccccc4C(c4ccccc42)[C@H]2C(=O)N(c4ccc(F)cc4)C(=O)[C@H]23)OCCO1. The Hall–Kier alpha value is -4.21.